The highest BCUT2D eigenvalue weighted by Crippen LogP contribution is 2.30. The fraction of sp³-hybridized carbons (Fsp3) is 0.529. The number of esters is 2. The number of ether oxygens (including phenoxy) is 3. The molecule has 1 aliphatic heterocycles. The lowest BCUT2D eigenvalue weighted by Crippen LogP contribution is -2.34. The molecule has 9 nitrogen and oxygen atoms in total. The van der Waals surface area contributed by atoms with Gasteiger partial charge in [-0.15, -0.1) is 0 Å². The predicted molar refractivity (Wildman–Crippen MR) is 90.6 cm³/mol. The number of hydrogen-bond acceptors (Lipinski definition) is 7. The summed E-state index contributed by atoms with van der Waals surface area (Å²) in [5, 5.41) is 0. The van der Waals surface area contributed by atoms with Crippen molar-refractivity contribution < 1.29 is 23.8 Å². The zero-order chi connectivity index (χ0) is 19.3. The second kappa shape index (κ2) is 8.61. The smallest absolute Gasteiger partial charge is 0.330 e. The van der Waals surface area contributed by atoms with Gasteiger partial charge in [0, 0.05) is 31.2 Å². The summed E-state index contributed by atoms with van der Waals surface area (Å²) >= 11 is 0. The molecule has 1 aromatic rings. The zero-order valence-corrected chi connectivity index (χ0v) is 14.9. The normalized spacial score (nSPS) is 22.5. The van der Waals surface area contributed by atoms with Crippen LogP contribution in [0.15, 0.2) is 27.9 Å². The minimum atomic E-state index is -0.745. The Bertz CT molecular complexity index is 808. The first-order chi connectivity index (χ1) is 12.3. The van der Waals surface area contributed by atoms with Crippen molar-refractivity contribution in [1.82, 2.24) is 9.55 Å². The van der Waals surface area contributed by atoms with Gasteiger partial charge in [0.05, 0.1) is 6.61 Å². The van der Waals surface area contributed by atoms with Crippen molar-refractivity contribution in [3.05, 3.63) is 44.8 Å². The van der Waals surface area contributed by atoms with E-state index in [-0.39, 0.29) is 13.0 Å². The van der Waals surface area contributed by atoms with E-state index in [1.165, 1.54) is 29.8 Å². The molecule has 0 bridgehead atoms. The number of hydrogen-bond donors (Lipinski definition) is 1. The molecule has 142 valence electrons. The molecule has 0 spiro atoms. The van der Waals surface area contributed by atoms with Gasteiger partial charge in [-0.3, -0.25) is 19.1 Å². The third kappa shape index (κ3) is 4.69. The Hall–Kier alpha value is -2.68. The van der Waals surface area contributed by atoms with Crippen LogP contribution < -0.4 is 11.2 Å². The summed E-state index contributed by atoms with van der Waals surface area (Å²) in [7, 11) is 0. The molecular formula is C17H22N2O7. The van der Waals surface area contributed by atoms with Crippen molar-refractivity contribution in [2.45, 2.75) is 52.0 Å². The maximum atomic E-state index is 12.1. The molecule has 0 amide bonds. The van der Waals surface area contributed by atoms with Crippen molar-refractivity contribution in [2.75, 3.05) is 6.61 Å². The molecule has 26 heavy (non-hydrogen) atoms. The van der Waals surface area contributed by atoms with Gasteiger partial charge in [-0.1, -0.05) is 6.92 Å². The highest BCUT2D eigenvalue weighted by Gasteiger charge is 2.37. The fourth-order valence-electron chi connectivity index (χ4n) is 2.69. The number of aromatic amines is 1. The summed E-state index contributed by atoms with van der Waals surface area (Å²) < 4.78 is 17.1. The lowest BCUT2D eigenvalue weighted by molar-refractivity contribution is -0.147. The maximum absolute atomic E-state index is 12.1. The molecular weight excluding hydrogens is 344 g/mol. The molecule has 9 heteroatoms. The summed E-state index contributed by atoms with van der Waals surface area (Å²) in [5.74, 6) is -1.05. The lowest BCUT2D eigenvalue weighted by Gasteiger charge is -2.15. The largest absolute Gasteiger partial charge is 0.463 e. The third-order valence-electron chi connectivity index (χ3n) is 3.87. The summed E-state index contributed by atoms with van der Waals surface area (Å²) in [4.78, 5) is 48.9. The van der Waals surface area contributed by atoms with Gasteiger partial charge in [-0.05, 0) is 19.4 Å². The Labute approximate surface area is 149 Å². The van der Waals surface area contributed by atoms with Gasteiger partial charge in [-0.2, -0.15) is 0 Å². The van der Waals surface area contributed by atoms with Gasteiger partial charge in [-0.25, -0.2) is 9.59 Å². The molecule has 0 aromatic carbocycles. The van der Waals surface area contributed by atoms with Gasteiger partial charge in [0.15, 0.2) is 0 Å². The van der Waals surface area contributed by atoms with E-state index in [9.17, 15) is 19.2 Å². The molecule has 1 saturated heterocycles. The highest BCUT2D eigenvalue weighted by atomic mass is 16.6. The quantitative estimate of drug-likeness (QED) is 0.573. The first-order valence-electron chi connectivity index (χ1n) is 8.37. The summed E-state index contributed by atoms with van der Waals surface area (Å²) in [6, 6.07) is 0. The van der Waals surface area contributed by atoms with Gasteiger partial charge in [0.2, 0.25) is 0 Å². The van der Waals surface area contributed by atoms with Crippen LogP contribution in [0.3, 0.4) is 0 Å². The van der Waals surface area contributed by atoms with Crippen LogP contribution in [-0.2, 0) is 30.2 Å². The first-order valence-corrected chi connectivity index (χ1v) is 8.37. The Morgan fingerprint density at radius 1 is 1.38 bits per heavy atom. The Kier molecular flexibility index (Phi) is 6.51. The Morgan fingerprint density at radius 2 is 2.12 bits per heavy atom. The topological polar surface area (TPSA) is 117 Å². The van der Waals surface area contributed by atoms with Crippen LogP contribution in [0.5, 0.6) is 0 Å². The van der Waals surface area contributed by atoms with Crippen LogP contribution >= 0.6 is 0 Å². The van der Waals surface area contributed by atoms with Gasteiger partial charge in [0.1, 0.15) is 18.4 Å². The Balaban J connectivity index is 2.27. The Morgan fingerprint density at radius 3 is 2.73 bits per heavy atom. The SMILES string of the molecule is CCOC(=O)/C=C/[C@H]1O[C@@H](n2cc(CC)c(=O)[nH]c2=O)C[C@@H]1OC(C)=O. The molecule has 3 atom stereocenters. The van der Waals surface area contributed by atoms with Crippen LogP contribution in [0.1, 0.15) is 39.0 Å². The van der Waals surface area contributed by atoms with Gasteiger partial charge in [0.25, 0.3) is 5.56 Å². The number of carbonyl (C=O) groups excluding carboxylic acids is 2. The summed E-state index contributed by atoms with van der Waals surface area (Å²) in [6.07, 6.45) is 2.57. The molecule has 1 aromatic heterocycles. The predicted octanol–water partition coefficient (Wildman–Crippen LogP) is 0.438. The van der Waals surface area contributed by atoms with E-state index in [2.05, 4.69) is 4.98 Å². The van der Waals surface area contributed by atoms with Gasteiger partial charge >= 0.3 is 17.6 Å². The second-order valence-corrected chi connectivity index (χ2v) is 5.72. The van der Waals surface area contributed by atoms with Crippen molar-refractivity contribution >= 4 is 11.9 Å². The van der Waals surface area contributed by atoms with Crippen molar-refractivity contribution in [1.29, 1.82) is 0 Å². The van der Waals surface area contributed by atoms with Crippen molar-refractivity contribution in [3.63, 3.8) is 0 Å². The molecule has 1 N–H and O–H groups in total. The van der Waals surface area contributed by atoms with Crippen molar-refractivity contribution in [2.24, 2.45) is 0 Å². The third-order valence-corrected chi connectivity index (χ3v) is 3.87. The van der Waals surface area contributed by atoms with Crippen LogP contribution in [0.4, 0.5) is 0 Å². The van der Waals surface area contributed by atoms with E-state index in [1.807, 2.05) is 0 Å². The van der Waals surface area contributed by atoms with E-state index in [0.29, 0.717) is 12.0 Å². The minimum Gasteiger partial charge on any atom is -0.463 e. The van der Waals surface area contributed by atoms with E-state index >= 15 is 0 Å². The molecule has 0 radical (unpaired) electrons. The molecule has 2 rings (SSSR count). The van der Waals surface area contributed by atoms with Crippen LogP contribution in [-0.4, -0.2) is 40.3 Å². The zero-order valence-electron chi connectivity index (χ0n) is 14.9. The monoisotopic (exact) mass is 366 g/mol. The second-order valence-electron chi connectivity index (χ2n) is 5.72. The standard InChI is InChI=1S/C17H22N2O7/c1-4-11-9-19(17(23)18-16(11)22)14-8-13(25-10(3)20)12(26-14)6-7-15(21)24-5-2/h6-7,9,12-14H,4-5,8H2,1-3H3,(H,18,22,23)/b7-6+/t12-,13+,14-/m1/s1. The molecule has 0 saturated carbocycles. The number of nitrogens with one attached hydrogen (secondary N) is 1. The molecule has 1 fully saturated rings. The lowest BCUT2D eigenvalue weighted by atomic mass is 10.1. The van der Waals surface area contributed by atoms with E-state index in [4.69, 9.17) is 14.2 Å². The highest BCUT2D eigenvalue weighted by molar-refractivity contribution is 5.82. The number of rotatable bonds is 6. The number of H-pyrrole nitrogens is 1. The summed E-state index contributed by atoms with van der Waals surface area (Å²) in [5.41, 5.74) is -0.626. The first kappa shape index (κ1) is 19.6. The van der Waals surface area contributed by atoms with E-state index in [1.54, 1.807) is 13.8 Å². The van der Waals surface area contributed by atoms with Gasteiger partial charge < -0.3 is 14.2 Å². The molecule has 0 aliphatic carbocycles. The number of carbonyl (C=O) groups is 2. The number of aromatic nitrogens is 2. The van der Waals surface area contributed by atoms with E-state index < -0.39 is 41.6 Å². The van der Waals surface area contributed by atoms with Crippen LogP contribution in [0.25, 0.3) is 0 Å². The number of aryl methyl sites for hydroxylation is 1. The minimum absolute atomic E-state index is 0.201. The molecule has 1 aliphatic rings. The summed E-state index contributed by atoms with van der Waals surface area (Å²) in [6.45, 7) is 4.98. The molecule has 0 unspecified atom stereocenters. The van der Waals surface area contributed by atoms with Crippen molar-refractivity contribution in [3.8, 4) is 0 Å². The average molecular weight is 366 g/mol. The molecule has 2 heterocycles. The van der Waals surface area contributed by atoms with Crippen LogP contribution in [0.2, 0.25) is 0 Å². The average Bonchev–Trinajstić information content (AvgIpc) is 2.95. The number of nitrogens with zero attached hydrogens (tertiary/aromatic N) is 1. The maximum Gasteiger partial charge on any atom is 0.330 e. The van der Waals surface area contributed by atoms with Crippen LogP contribution in [0, 0.1) is 0 Å². The fourth-order valence-corrected chi connectivity index (χ4v) is 2.69. The van der Waals surface area contributed by atoms with E-state index in [0.717, 1.165) is 0 Å².